The van der Waals surface area contributed by atoms with Gasteiger partial charge in [-0.1, -0.05) is 0 Å². The maximum Gasteiger partial charge on any atom is 0.307 e. The van der Waals surface area contributed by atoms with Crippen molar-refractivity contribution in [2.24, 2.45) is 0 Å². The first kappa shape index (κ1) is 13.9. The van der Waals surface area contributed by atoms with Crippen molar-refractivity contribution < 1.29 is 9.90 Å². The summed E-state index contributed by atoms with van der Waals surface area (Å²) in [5.74, 6) is -0.875. The Morgan fingerprint density at radius 1 is 0.955 bits per heavy atom. The van der Waals surface area contributed by atoms with Crippen LogP contribution in [-0.2, 0) is 11.2 Å². The third-order valence-corrected chi connectivity index (χ3v) is 3.16. The van der Waals surface area contributed by atoms with Gasteiger partial charge in [-0.3, -0.25) is 14.8 Å². The van der Waals surface area contributed by atoms with E-state index in [1.54, 1.807) is 36.9 Å². The van der Waals surface area contributed by atoms with Crippen molar-refractivity contribution in [2.45, 2.75) is 6.42 Å². The maximum absolute atomic E-state index is 11.0. The van der Waals surface area contributed by atoms with Crippen LogP contribution < -0.4 is 0 Å². The van der Waals surface area contributed by atoms with Gasteiger partial charge in [-0.25, -0.2) is 4.98 Å². The molecule has 0 saturated carbocycles. The average molecular weight is 291 g/mol. The minimum atomic E-state index is -0.875. The van der Waals surface area contributed by atoms with Crippen molar-refractivity contribution in [1.82, 2.24) is 15.0 Å². The van der Waals surface area contributed by atoms with Crippen molar-refractivity contribution in [1.29, 1.82) is 0 Å². The predicted octanol–water partition coefficient (Wildman–Crippen LogP) is 2.83. The van der Waals surface area contributed by atoms with E-state index in [0.717, 1.165) is 11.1 Å². The first-order chi connectivity index (χ1) is 10.7. The summed E-state index contributed by atoms with van der Waals surface area (Å²) in [5.41, 5.74) is 3.79. The number of pyridine rings is 3. The van der Waals surface area contributed by atoms with Crippen LogP contribution in [0.4, 0.5) is 0 Å². The molecule has 3 rings (SSSR count). The number of rotatable bonds is 4. The highest BCUT2D eigenvalue weighted by Gasteiger charge is 2.09. The number of aliphatic carboxylic acids is 1. The molecule has 0 fully saturated rings. The van der Waals surface area contributed by atoms with Crippen LogP contribution >= 0.6 is 0 Å². The fourth-order valence-corrected chi connectivity index (χ4v) is 2.19. The van der Waals surface area contributed by atoms with E-state index in [4.69, 9.17) is 5.11 Å². The molecule has 0 atom stereocenters. The molecule has 22 heavy (non-hydrogen) atoms. The molecule has 0 spiro atoms. The SMILES string of the molecule is O=C(O)Cc1cc(-c2cccnc2)nc(-c2cccnc2)c1. The van der Waals surface area contributed by atoms with Gasteiger partial charge in [0.05, 0.1) is 17.8 Å². The Kier molecular flexibility index (Phi) is 3.87. The Bertz CT molecular complexity index is 732. The second kappa shape index (κ2) is 6.13. The van der Waals surface area contributed by atoms with Crippen LogP contribution in [0.1, 0.15) is 5.56 Å². The van der Waals surface area contributed by atoms with Gasteiger partial charge in [-0.2, -0.15) is 0 Å². The molecule has 108 valence electrons. The molecule has 5 heteroatoms. The van der Waals surface area contributed by atoms with E-state index in [9.17, 15) is 4.79 Å². The van der Waals surface area contributed by atoms with Gasteiger partial charge in [-0.15, -0.1) is 0 Å². The fourth-order valence-electron chi connectivity index (χ4n) is 2.19. The first-order valence-electron chi connectivity index (χ1n) is 6.76. The monoisotopic (exact) mass is 291 g/mol. The third-order valence-electron chi connectivity index (χ3n) is 3.16. The molecule has 3 heterocycles. The van der Waals surface area contributed by atoms with Crippen molar-refractivity contribution in [3.8, 4) is 22.5 Å². The van der Waals surface area contributed by atoms with Crippen LogP contribution in [-0.4, -0.2) is 26.0 Å². The molecular formula is C17H13N3O2. The summed E-state index contributed by atoms with van der Waals surface area (Å²) in [7, 11) is 0. The van der Waals surface area contributed by atoms with Gasteiger partial charge in [-0.05, 0) is 42.0 Å². The minimum absolute atomic E-state index is 0.0525. The molecule has 0 unspecified atom stereocenters. The Morgan fingerprint density at radius 3 is 1.91 bits per heavy atom. The van der Waals surface area contributed by atoms with Crippen LogP contribution in [0.3, 0.4) is 0 Å². The topological polar surface area (TPSA) is 76.0 Å². The highest BCUT2D eigenvalue weighted by atomic mass is 16.4. The number of carboxylic acid groups (broad SMARTS) is 1. The van der Waals surface area contributed by atoms with Gasteiger partial charge in [0.1, 0.15) is 0 Å². The molecule has 0 radical (unpaired) electrons. The van der Waals surface area contributed by atoms with E-state index in [-0.39, 0.29) is 6.42 Å². The van der Waals surface area contributed by atoms with E-state index < -0.39 is 5.97 Å². The van der Waals surface area contributed by atoms with Crippen LogP contribution in [0, 0.1) is 0 Å². The lowest BCUT2D eigenvalue weighted by molar-refractivity contribution is -0.136. The zero-order valence-electron chi connectivity index (χ0n) is 11.7. The molecule has 3 aromatic heterocycles. The Balaban J connectivity index is 2.12. The largest absolute Gasteiger partial charge is 0.481 e. The van der Waals surface area contributed by atoms with Crippen LogP contribution in [0.15, 0.2) is 61.2 Å². The van der Waals surface area contributed by atoms with E-state index >= 15 is 0 Å². The lowest BCUT2D eigenvalue weighted by Gasteiger charge is -2.08. The highest BCUT2D eigenvalue weighted by Crippen LogP contribution is 2.24. The Labute approximate surface area is 127 Å². The van der Waals surface area contributed by atoms with Crippen molar-refractivity contribution in [2.75, 3.05) is 0 Å². The number of carboxylic acids is 1. The van der Waals surface area contributed by atoms with Gasteiger partial charge in [0.15, 0.2) is 0 Å². The third kappa shape index (κ3) is 3.15. The van der Waals surface area contributed by atoms with Gasteiger partial charge in [0.2, 0.25) is 0 Å². The molecule has 0 saturated heterocycles. The zero-order chi connectivity index (χ0) is 15.4. The maximum atomic E-state index is 11.0. The number of aromatic nitrogens is 3. The number of nitrogens with zero attached hydrogens (tertiary/aromatic N) is 3. The Morgan fingerprint density at radius 2 is 1.50 bits per heavy atom. The molecular weight excluding hydrogens is 278 g/mol. The standard InChI is InChI=1S/C17H13N3O2/c21-17(22)9-12-7-15(13-3-1-5-18-10-13)20-16(8-12)14-4-2-6-19-11-14/h1-8,10-11H,9H2,(H,21,22). The van der Waals surface area contributed by atoms with Crippen LogP contribution in [0.25, 0.3) is 22.5 Å². The predicted molar refractivity (Wildman–Crippen MR) is 82.0 cm³/mol. The summed E-state index contributed by atoms with van der Waals surface area (Å²) < 4.78 is 0. The number of hydrogen-bond donors (Lipinski definition) is 1. The molecule has 0 aliphatic rings. The molecule has 1 N–H and O–H groups in total. The van der Waals surface area contributed by atoms with Crippen LogP contribution in [0.5, 0.6) is 0 Å². The van der Waals surface area contributed by atoms with E-state index in [1.807, 2.05) is 24.3 Å². The van der Waals surface area contributed by atoms with Gasteiger partial charge >= 0.3 is 5.97 Å². The molecule has 5 nitrogen and oxygen atoms in total. The van der Waals surface area contributed by atoms with E-state index in [0.29, 0.717) is 17.0 Å². The molecule has 0 aliphatic carbocycles. The van der Waals surface area contributed by atoms with Crippen molar-refractivity contribution in [3.63, 3.8) is 0 Å². The Hall–Kier alpha value is -3.08. The highest BCUT2D eigenvalue weighted by molar-refractivity contribution is 5.73. The minimum Gasteiger partial charge on any atom is -0.481 e. The van der Waals surface area contributed by atoms with Gasteiger partial charge in [0.25, 0.3) is 0 Å². The van der Waals surface area contributed by atoms with Gasteiger partial charge in [0, 0.05) is 35.9 Å². The summed E-state index contributed by atoms with van der Waals surface area (Å²) in [6, 6.07) is 11.0. The summed E-state index contributed by atoms with van der Waals surface area (Å²) in [5, 5.41) is 9.04. The van der Waals surface area contributed by atoms with E-state index in [2.05, 4.69) is 15.0 Å². The average Bonchev–Trinajstić information content (AvgIpc) is 2.55. The molecule has 0 aliphatic heterocycles. The lowest BCUT2D eigenvalue weighted by atomic mass is 10.0. The zero-order valence-corrected chi connectivity index (χ0v) is 11.7. The smallest absolute Gasteiger partial charge is 0.307 e. The second-order valence-corrected chi connectivity index (χ2v) is 4.80. The number of hydrogen-bond acceptors (Lipinski definition) is 4. The van der Waals surface area contributed by atoms with E-state index in [1.165, 1.54) is 0 Å². The fraction of sp³-hybridized carbons (Fsp3) is 0.0588. The van der Waals surface area contributed by atoms with Gasteiger partial charge < -0.3 is 5.11 Å². The van der Waals surface area contributed by atoms with Crippen LogP contribution in [0.2, 0.25) is 0 Å². The summed E-state index contributed by atoms with van der Waals surface area (Å²) in [6.07, 6.45) is 6.74. The summed E-state index contributed by atoms with van der Waals surface area (Å²) in [4.78, 5) is 23.8. The summed E-state index contributed by atoms with van der Waals surface area (Å²) in [6.45, 7) is 0. The normalized spacial score (nSPS) is 10.4. The molecule has 0 amide bonds. The lowest BCUT2D eigenvalue weighted by Crippen LogP contribution is -2.02. The molecule has 3 aromatic rings. The van der Waals surface area contributed by atoms with Crippen molar-refractivity contribution >= 4 is 5.97 Å². The van der Waals surface area contributed by atoms with Crippen molar-refractivity contribution in [3.05, 3.63) is 66.7 Å². The number of carbonyl (C=O) groups is 1. The quantitative estimate of drug-likeness (QED) is 0.800. The molecule has 0 aromatic carbocycles. The molecule has 0 bridgehead atoms. The first-order valence-corrected chi connectivity index (χ1v) is 6.76. The second-order valence-electron chi connectivity index (χ2n) is 4.80. The summed E-state index contributed by atoms with van der Waals surface area (Å²) >= 11 is 0.